The maximum absolute atomic E-state index is 11.9. The zero-order valence-electron chi connectivity index (χ0n) is 24.3. The highest BCUT2D eigenvalue weighted by Gasteiger charge is 2.70. The standard InChI is InChI=1S/C32H52O4/c1-20-22(19-35-34)11-14-29(5)17-18-31(7)23(27(20)29)9-10-25-30(6)15-13-26(36-21(2)33)28(3,4)24(30)12-16-32(25,31)8/h11,20,23-27,34H,9-10,12-19H2,1-8H3/t20-,23-,24+,25-,26+,27-,29-,30+,31-,32-/m1/s1. The molecule has 0 amide bonds. The normalized spacial score (nSPS) is 51.6. The van der Waals surface area contributed by atoms with Crippen molar-refractivity contribution in [2.45, 2.75) is 119 Å². The largest absolute Gasteiger partial charge is 0.462 e. The van der Waals surface area contributed by atoms with Crippen LogP contribution in [0.15, 0.2) is 11.6 Å². The number of fused-ring (bicyclic) bond motifs is 7. The third-order valence-electron chi connectivity index (χ3n) is 13.8. The van der Waals surface area contributed by atoms with Crippen molar-refractivity contribution in [2.75, 3.05) is 6.61 Å². The van der Waals surface area contributed by atoms with Gasteiger partial charge in [-0.2, -0.15) is 0 Å². The SMILES string of the molecule is CC(=O)O[C@H]1CC[C@]2(C)[C@H]3CC[C@@H]4[C@H]5[C@H](C)C(COO)=CC[C@]5(C)CC[C@@]4(C)[C@]3(C)CC[C@H]2C1(C)C. The first-order valence-corrected chi connectivity index (χ1v) is 14.9. The molecular weight excluding hydrogens is 448 g/mol. The van der Waals surface area contributed by atoms with Crippen molar-refractivity contribution < 1.29 is 19.7 Å². The van der Waals surface area contributed by atoms with E-state index in [1.165, 1.54) is 50.5 Å². The summed E-state index contributed by atoms with van der Waals surface area (Å²) in [7, 11) is 0. The van der Waals surface area contributed by atoms with Crippen molar-refractivity contribution in [3.05, 3.63) is 11.6 Å². The van der Waals surface area contributed by atoms with Gasteiger partial charge < -0.3 is 4.74 Å². The van der Waals surface area contributed by atoms with Crippen LogP contribution in [0, 0.1) is 56.7 Å². The molecule has 0 aromatic rings. The second kappa shape index (κ2) is 8.57. The zero-order chi connectivity index (χ0) is 26.3. The molecule has 0 spiro atoms. The Morgan fingerprint density at radius 3 is 2.33 bits per heavy atom. The minimum Gasteiger partial charge on any atom is -0.462 e. The van der Waals surface area contributed by atoms with Gasteiger partial charge >= 0.3 is 5.97 Å². The average molecular weight is 501 g/mol. The highest BCUT2D eigenvalue weighted by atomic mass is 17.1. The number of esters is 1. The maximum Gasteiger partial charge on any atom is 0.302 e. The number of hydrogen-bond acceptors (Lipinski definition) is 4. The van der Waals surface area contributed by atoms with Crippen molar-refractivity contribution in [3.63, 3.8) is 0 Å². The van der Waals surface area contributed by atoms with Crippen LogP contribution in [0.25, 0.3) is 0 Å². The molecule has 0 unspecified atom stereocenters. The second-order valence-electron chi connectivity index (χ2n) is 15.4. The number of hydrogen-bond donors (Lipinski definition) is 1. The van der Waals surface area contributed by atoms with Crippen molar-refractivity contribution in [1.82, 2.24) is 0 Å². The number of rotatable bonds is 3. The Bertz CT molecular complexity index is 923. The molecule has 0 radical (unpaired) electrons. The van der Waals surface area contributed by atoms with Crippen LogP contribution in [-0.4, -0.2) is 23.9 Å². The van der Waals surface area contributed by atoms with Gasteiger partial charge in [-0.1, -0.05) is 54.5 Å². The van der Waals surface area contributed by atoms with E-state index in [4.69, 9.17) is 4.74 Å². The Morgan fingerprint density at radius 2 is 1.67 bits per heavy atom. The fraction of sp³-hybridized carbons (Fsp3) is 0.906. The van der Waals surface area contributed by atoms with E-state index in [0.29, 0.717) is 46.0 Å². The molecule has 0 heterocycles. The summed E-state index contributed by atoms with van der Waals surface area (Å²) in [5.41, 5.74) is 2.65. The molecule has 0 saturated heterocycles. The highest BCUT2D eigenvalue weighted by molar-refractivity contribution is 5.66. The van der Waals surface area contributed by atoms with Gasteiger partial charge in [0.25, 0.3) is 0 Å². The number of carbonyl (C=O) groups excluding carboxylic acids is 1. The molecule has 0 bridgehead atoms. The van der Waals surface area contributed by atoms with Crippen LogP contribution in [-0.2, 0) is 14.4 Å². The number of allylic oxidation sites excluding steroid dienone is 1. The van der Waals surface area contributed by atoms with Gasteiger partial charge in [0.05, 0.1) is 0 Å². The van der Waals surface area contributed by atoms with Gasteiger partial charge in [-0.15, -0.1) is 0 Å². The highest BCUT2D eigenvalue weighted by Crippen LogP contribution is 2.76. The summed E-state index contributed by atoms with van der Waals surface area (Å²) in [5.74, 6) is 3.04. The molecule has 4 saturated carbocycles. The van der Waals surface area contributed by atoms with Crippen LogP contribution in [0.3, 0.4) is 0 Å². The first kappa shape index (κ1) is 26.7. The molecular formula is C32H52O4. The Kier molecular flexibility index (Phi) is 6.36. The van der Waals surface area contributed by atoms with Crippen LogP contribution in [0.2, 0.25) is 0 Å². The molecule has 0 aromatic carbocycles. The maximum atomic E-state index is 11.9. The van der Waals surface area contributed by atoms with E-state index in [0.717, 1.165) is 24.7 Å². The molecule has 36 heavy (non-hydrogen) atoms. The molecule has 0 aromatic heterocycles. The van der Waals surface area contributed by atoms with Gasteiger partial charge in [0.15, 0.2) is 0 Å². The van der Waals surface area contributed by atoms with Crippen LogP contribution < -0.4 is 0 Å². The Balaban J connectivity index is 1.49. The second-order valence-corrected chi connectivity index (χ2v) is 15.4. The lowest BCUT2D eigenvalue weighted by Crippen LogP contribution is -2.67. The van der Waals surface area contributed by atoms with Crippen LogP contribution in [0.5, 0.6) is 0 Å². The van der Waals surface area contributed by atoms with Gasteiger partial charge in [0.2, 0.25) is 0 Å². The minimum absolute atomic E-state index is 0.0186. The molecule has 0 aliphatic heterocycles. The van der Waals surface area contributed by atoms with Crippen molar-refractivity contribution in [2.24, 2.45) is 56.7 Å². The molecule has 1 N–H and O–H groups in total. The summed E-state index contributed by atoms with van der Waals surface area (Å²) in [4.78, 5) is 16.6. The summed E-state index contributed by atoms with van der Waals surface area (Å²) in [6.07, 6.45) is 13.6. The van der Waals surface area contributed by atoms with E-state index in [2.05, 4.69) is 59.4 Å². The predicted octanol–water partition coefficient (Wildman–Crippen LogP) is 8.07. The smallest absolute Gasteiger partial charge is 0.302 e. The van der Waals surface area contributed by atoms with Gasteiger partial charge in [0.1, 0.15) is 12.7 Å². The molecule has 5 aliphatic carbocycles. The summed E-state index contributed by atoms with van der Waals surface area (Å²) >= 11 is 0. The third kappa shape index (κ3) is 3.48. The van der Waals surface area contributed by atoms with Crippen LogP contribution in [0.4, 0.5) is 0 Å². The van der Waals surface area contributed by atoms with E-state index >= 15 is 0 Å². The molecule has 10 atom stereocenters. The minimum atomic E-state index is -0.128. The zero-order valence-corrected chi connectivity index (χ0v) is 24.3. The van der Waals surface area contributed by atoms with Crippen molar-refractivity contribution in [1.29, 1.82) is 0 Å². The van der Waals surface area contributed by atoms with E-state index in [9.17, 15) is 10.1 Å². The lowest BCUT2D eigenvalue weighted by molar-refractivity contribution is -0.255. The predicted molar refractivity (Wildman–Crippen MR) is 143 cm³/mol. The quantitative estimate of drug-likeness (QED) is 0.184. The van der Waals surface area contributed by atoms with E-state index in [1.54, 1.807) is 6.92 Å². The summed E-state index contributed by atoms with van der Waals surface area (Å²) in [6.45, 7) is 19.6. The lowest BCUT2D eigenvalue weighted by Gasteiger charge is -2.73. The summed E-state index contributed by atoms with van der Waals surface area (Å²) in [6, 6.07) is 0. The first-order valence-electron chi connectivity index (χ1n) is 14.9. The monoisotopic (exact) mass is 500 g/mol. The van der Waals surface area contributed by atoms with E-state index in [1.807, 2.05) is 0 Å². The van der Waals surface area contributed by atoms with E-state index < -0.39 is 0 Å². The van der Waals surface area contributed by atoms with Gasteiger partial charge in [-0.05, 0) is 115 Å². The Morgan fingerprint density at radius 1 is 0.944 bits per heavy atom. The molecule has 4 fully saturated rings. The Hall–Kier alpha value is -0.870. The summed E-state index contributed by atoms with van der Waals surface area (Å²) < 4.78 is 5.91. The average Bonchev–Trinajstić information content (AvgIpc) is 2.78. The third-order valence-corrected chi connectivity index (χ3v) is 13.8. The lowest BCUT2D eigenvalue weighted by atomic mass is 9.31. The first-order chi connectivity index (χ1) is 16.7. The summed E-state index contributed by atoms with van der Waals surface area (Å²) in [5, 5.41) is 9.25. The van der Waals surface area contributed by atoms with Crippen LogP contribution in [0.1, 0.15) is 113 Å². The van der Waals surface area contributed by atoms with Crippen molar-refractivity contribution >= 4 is 5.97 Å². The Labute approximate surface area is 219 Å². The molecule has 5 rings (SSSR count). The fourth-order valence-corrected chi connectivity index (χ4v) is 11.8. The van der Waals surface area contributed by atoms with Gasteiger partial charge in [-0.25, -0.2) is 4.89 Å². The van der Waals surface area contributed by atoms with Gasteiger partial charge in [-0.3, -0.25) is 10.1 Å². The fourth-order valence-electron chi connectivity index (χ4n) is 11.8. The molecule has 204 valence electrons. The van der Waals surface area contributed by atoms with E-state index in [-0.39, 0.29) is 17.5 Å². The molecule has 4 nitrogen and oxygen atoms in total. The topological polar surface area (TPSA) is 55.8 Å². The van der Waals surface area contributed by atoms with Gasteiger partial charge in [0, 0.05) is 12.3 Å². The number of ether oxygens (including phenoxy) is 1. The van der Waals surface area contributed by atoms with Crippen molar-refractivity contribution in [3.8, 4) is 0 Å². The number of carbonyl (C=O) groups is 1. The molecule has 4 heteroatoms. The van der Waals surface area contributed by atoms with Crippen LogP contribution >= 0.6 is 0 Å². The molecule has 5 aliphatic rings.